The molecule has 214 valence electrons. The van der Waals surface area contributed by atoms with Crippen molar-refractivity contribution in [2.45, 2.75) is 64.0 Å². The lowest BCUT2D eigenvalue weighted by molar-refractivity contribution is -0.146. The maximum absolute atomic E-state index is 14.0. The number of fused-ring (bicyclic) bond motifs is 3. The molecule has 0 unspecified atom stereocenters. The van der Waals surface area contributed by atoms with Crippen LogP contribution in [0.2, 0.25) is 0 Å². The Hall–Kier alpha value is -3.91. The van der Waals surface area contributed by atoms with Crippen molar-refractivity contribution in [3.63, 3.8) is 0 Å². The fraction of sp³-hybridized carbons (Fsp3) is 0.407. The summed E-state index contributed by atoms with van der Waals surface area (Å²) >= 11 is 0. The number of aromatic amines is 1. The van der Waals surface area contributed by atoms with Crippen molar-refractivity contribution in [1.82, 2.24) is 19.9 Å². The predicted octanol–water partition coefficient (Wildman–Crippen LogP) is 3.91. The summed E-state index contributed by atoms with van der Waals surface area (Å²) in [5.74, 6) is -1.23. The van der Waals surface area contributed by atoms with Crippen LogP contribution in [0.5, 0.6) is 0 Å². The second-order valence-electron chi connectivity index (χ2n) is 11.7. The average Bonchev–Trinajstić information content (AvgIpc) is 3.59. The Morgan fingerprint density at radius 3 is 2.29 bits per heavy atom. The standard InChI is InChI=1S/C27H29BF3N7O3/c1-25(2)26(3,4)41-28(40-25)17-7-15-18(8-14(17)13-9-35-24(33)36-10-13)37-20-16(22(32)39)11-34-23(19(15)20)38-21(12-5-6-12)27(29,30)31/h7-12,21,37H,5-6H2,1-4H3,(H2,32,39)(H,34,38)(H2,33,35,36)/t21-/m1/s1. The lowest BCUT2D eigenvalue weighted by Crippen LogP contribution is -2.41. The Kier molecular flexibility index (Phi) is 6.02. The summed E-state index contributed by atoms with van der Waals surface area (Å²) in [6.45, 7) is 7.68. The van der Waals surface area contributed by atoms with Crippen LogP contribution in [0.1, 0.15) is 50.9 Å². The van der Waals surface area contributed by atoms with Gasteiger partial charge in [0.05, 0.1) is 27.7 Å². The van der Waals surface area contributed by atoms with Crippen LogP contribution in [0, 0.1) is 5.92 Å². The van der Waals surface area contributed by atoms with E-state index in [2.05, 4.69) is 25.3 Å². The number of anilines is 2. The lowest BCUT2D eigenvalue weighted by atomic mass is 9.74. The van der Waals surface area contributed by atoms with Crippen LogP contribution in [0.3, 0.4) is 0 Å². The molecule has 14 heteroatoms. The molecule has 10 nitrogen and oxygen atoms in total. The number of halogens is 3. The minimum Gasteiger partial charge on any atom is -0.399 e. The van der Waals surface area contributed by atoms with Crippen LogP contribution in [0.25, 0.3) is 32.9 Å². The highest BCUT2D eigenvalue weighted by atomic mass is 19.4. The number of carbonyl (C=O) groups is 1. The summed E-state index contributed by atoms with van der Waals surface area (Å²) in [5.41, 5.74) is 12.7. The van der Waals surface area contributed by atoms with Crippen molar-refractivity contribution in [3.05, 3.63) is 36.3 Å². The molecule has 1 aromatic carbocycles. The summed E-state index contributed by atoms with van der Waals surface area (Å²) < 4.78 is 54.7. The molecule has 4 aromatic rings. The van der Waals surface area contributed by atoms with Crippen molar-refractivity contribution in [3.8, 4) is 11.1 Å². The van der Waals surface area contributed by atoms with E-state index in [1.54, 1.807) is 24.5 Å². The molecule has 0 radical (unpaired) electrons. The Balaban J connectivity index is 1.61. The van der Waals surface area contributed by atoms with Crippen molar-refractivity contribution in [2.75, 3.05) is 11.1 Å². The highest BCUT2D eigenvalue weighted by molar-refractivity contribution is 6.64. The van der Waals surface area contributed by atoms with Crippen LogP contribution >= 0.6 is 0 Å². The number of pyridine rings is 1. The number of nitrogens with zero attached hydrogens (tertiary/aromatic N) is 3. The van der Waals surface area contributed by atoms with E-state index in [9.17, 15) is 18.0 Å². The summed E-state index contributed by atoms with van der Waals surface area (Å²) in [6.07, 6.45) is 0.757. The van der Waals surface area contributed by atoms with Crippen LogP contribution < -0.4 is 22.2 Å². The van der Waals surface area contributed by atoms with Gasteiger partial charge in [-0.2, -0.15) is 13.2 Å². The third-order valence-corrected chi connectivity index (χ3v) is 8.29. The highest BCUT2D eigenvalue weighted by Gasteiger charge is 2.52. The molecule has 1 amide bonds. The maximum Gasteiger partial charge on any atom is 0.495 e. The van der Waals surface area contributed by atoms with Crippen LogP contribution in [-0.2, 0) is 9.31 Å². The van der Waals surface area contributed by atoms with Gasteiger partial charge in [-0.25, -0.2) is 15.0 Å². The fourth-order valence-corrected chi connectivity index (χ4v) is 5.20. The van der Waals surface area contributed by atoms with Gasteiger partial charge in [0.15, 0.2) is 0 Å². The number of H-pyrrole nitrogens is 1. The number of primary amides is 1. The molecule has 4 heterocycles. The van der Waals surface area contributed by atoms with Crippen molar-refractivity contribution >= 4 is 52.1 Å². The third-order valence-electron chi connectivity index (χ3n) is 8.29. The zero-order valence-corrected chi connectivity index (χ0v) is 22.9. The van der Waals surface area contributed by atoms with Gasteiger partial charge in [0, 0.05) is 35.1 Å². The first-order valence-electron chi connectivity index (χ1n) is 13.2. The summed E-state index contributed by atoms with van der Waals surface area (Å²) in [6, 6.07) is 1.79. The van der Waals surface area contributed by atoms with Crippen molar-refractivity contribution < 1.29 is 27.3 Å². The van der Waals surface area contributed by atoms with Gasteiger partial charge >= 0.3 is 13.3 Å². The number of amides is 1. The number of carbonyl (C=O) groups excluding carboxylic acids is 1. The molecular formula is C27H29BF3N7O3. The number of nitrogen functional groups attached to an aromatic ring is 1. The number of benzene rings is 1. The van der Waals surface area contributed by atoms with E-state index in [0.717, 1.165) is 0 Å². The first-order chi connectivity index (χ1) is 19.2. The van der Waals surface area contributed by atoms with Crippen molar-refractivity contribution in [1.29, 1.82) is 0 Å². The number of nitrogens with one attached hydrogen (secondary N) is 2. The monoisotopic (exact) mass is 567 g/mol. The molecule has 1 atom stereocenters. The molecule has 0 spiro atoms. The molecule has 1 aliphatic carbocycles. The van der Waals surface area contributed by atoms with Gasteiger partial charge in [-0.05, 0) is 63.5 Å². The minimum atomic E-state index is -4.49. The maximum atomic E-state index is 14.0. The van der Waals surface area contributed by atoms with E-state index in [-0.39, 0.29) is 22.8 Å². The van der Waals surface area contributed by atoms with Crippen LogP contribution in [0.4, 0.5) is 24.9 Å². The summed E-state index contributed by atoms with van der Waals surface area (Å²) in [5, 5.41) is 3.45. The Morgan fingerprint density at radius 2 is 1.73 bits per heavy atom. The number of nitrogens with two attached hydrogens (primary N) is 2. The van der Waals surface area contributed by atoms with Gasteiger partial charge in [-0.15, -0.1) is 0 Å². The van der Waals surface area contributed by atoms with E-state index < -0.39 is 42.4 Å². The second kappa shape index (κ2) is 9.05. The Bertz CT molecular complexity index is 1670. The van der Waals surface area contributed by atoms with Crippen molar-refractivity contribution in [2.24, 2.45) is 11.7 Å². The fourth-order valence-electron chi connectivity index (χ4n) is 5.20. The molecule has 0 bridgehead atoms. The number of hydrogen-bond acceptors (Lipinski definition) is 8. The molecule has 2 aliphatic rings. The van der Waals surface area contributed by atoms with E-state index in [0.29, 0.717) is 45.7 Å². The molecule has 2 fully saturated rings. The summed E-state index contributed by atoms with van der Waals surface area (Å²) in [7, 11) is -0.833. The van der Waals surface area contributed by atoms with Gasteiger partial charge in [0.2, 0.25) is 5.95 Å². The number of aromatic nitrogens is 4. The Labute approximate surface area is 233 Å². The van der Waals surface area contributed by atoms with E-state index in [1.165, 1.54) is 6.20 Å². The van der Waals surface area contributed by atoms with E-state index in [4.69, 9.17) is 20.8 Å². The number of rotatable bonds is 6. The molecule has 6 rings (SSSR count). The molecule has 41 heavy (non-hydrogen) atoms. The Morgan fingerprint density at radius 1 is 1.10 bits per heavy atom. The van der Waals surface area contributed by atoms with E-state index in [1.807, 2.05) is 27.7 Å². The first-order valence-corrected chi connectivity index (χ1v) is 13.2. The zero-order chi connectivity index (χ0) is 29.5. The van der Waals surface area contributed by atoms with Gasteiger partial charge in [-0.3, -0.25) is 4.79 Å². The van der Waals surface area contributed by atoms with Crippen LogP contribution in [0.15, 0.2) is 30.7 Å². The largest absolute Gasteiger partial charge is 0.495 e. The second-order valence-corrected chi connectivity index (χ2v) is 11.7. The molecular weight excluding hydrogens is 538 g/mol. The topological polar surface area (TPSA) is 154 Å². The predicted molar refractivity (Wildman–Crippen MR) is 149 cm³/mol. The number of hydrogen-bond donors (Lipinski definition) is 4. The van der Waals surface area contributed by atoms with E-state index >= 15 is 0 Å². The van der Waals surface area contributed by atoms with Gasteiger partial charge in [-0.1, -0.05) is 6.07 Å². The minimum absolute atomic E-state index is 0.00564. The zero-order valence-electron chi connectivity index (χ0n) is 22.9. The molecule has 1 saturated carbocycles. The molecule has 1 aliphatic heterocycles. The smallest absolute Gasteiger partial charge is 0.399 e. The first kappa shape index (κ1) is 27.3. The average molecular weight is 567 g/mol. The van der Waals surface area contributed by atoms with Gasteiger partial charge in [0.25, 0.3) is 5.91 Å². The quantitative estimate of drug-likeness (QED) is 0.256. The van der Waals surface area contributed by atoms with Gasteiger partial charge < -0.3 is 31.1 Å². The van der Waals surface area contributed by atoms with Crippen LogP contribution in [-0.4, -0.2) is 56.4 Å². The lowest BCUT2D eigenvalue weighted by Gasteiger charge is -2.32. The summed E-state index contributed by atoms with van der Waals surface area (Å²) in [4.78, 5) is 28.0. The molecule has 6 N–H and O–H groups in total. The van der Waals surface area contributed by atoms with Gasteiger partial charge in [0.1, 0.15) is 11.9 Å². The number of alkyl halides is 3. The highest BCUT2D eigenvalue weighted by Crippen LogP contribution is 2.44. The molecule has 1 saturated heterocycles. The normalized spacial score (nSPS) is 19.1. The molecule has 3 aromatic heterocycles. The SMILES string of the molecule is CC1(C)OB(c2cc3c(cc2-c2cnc(N)nc2)[nH]c2c(C(N)=O)cnc(N[C@H](C4CC4)C(F)(F)F)c23)OC1(C)C. The third kappa shape index (κ3) is 4.64.